The van der Waals surface area contributed by atoms with Crippen LogP contribution in [0.5, 0.6) is 0 Å². The minimum Gasteiger partial charge on any atom is -0.237 e. The summed E-state index contributed by atoms with van der Waals surface area (Å²) >= 11 is 0. The number of unbranched alkanes of at least 4 members (excludes halogenated alkanes) is 6. The van der Waals surface area contributed by atoms with Crippen LogP contribution in [0.15, 0.2) is 30.3 Å². The van der Waals surface area contributed by atoms with Crippen LogP contribution in [-0.2, 0) is 11.5 Å². The smallest absolute Gasteiger partial charge is 0.0822 e. The lowest BCUT2D eigenvalue weighted by Gasteiger charge is -2.02. The van der Waals surface area contributed by atoms with Crippen molar-refractivity contribution < 1.29 is 5.11 Å². The maximum Gasteiger partial charge on any atom is 0.0822 e. The number of hydrogen-bond acceptors (Lipinski definition) is 0. The van der Waals surface area contributed by atoms with Gasteiger partial charge >= 0.3 is 0 Å². The summed E-state index contributed by atoms with van der Waals surface area (Å²) in [7, 11) is 0. The molecule has 0 amide bonds. The molecule has 89 valence electrons. The van der Waals surface area contributed by atoms with E-state index < -0.39 is 0 Å². The van der Waals surface area contributed by atoms with Gasteiger partial charge in [-0.1, -0.05) is 62.4 Å². The van der Waals surface area contributed by atoms with Crippen molar-refractivity contribution in [3.8, 4) is 0 Å². The third kappa shape index (κ3) is 6.62. The topological polar surface area (TPSA) is 19.9 Å². The molecule has 0 saturated heterocycles. The molecule has 0 aliphatic carbocycles. The van der Waals surface area contributed by atoms with Crippen molar-refractivity contribution in [2.24, 2.45) is 0 Å². The summed E-state index contributed by atoms with van der Waals surface area (Å²) in [6.45, 7) is 0.105. The first kappa shape index (κ1) is 13.2. The summed E-state index contributed by atoms with van der Waals surface area (Å²) in [5, 5.41) is 10.2. The van der Waals surface area contributed by atoms with E-state index in [1.54, 1.807) is 0 Å². The van der Waals surface area contributed by atoms with Gasteiger partial charge in [-0.2, -0.15) is 0 Å². The molecule has 0 spiro atoms. The Morgan fingerprint density at radius 1 is 0.688 bits per heavy atom. The van der Waals surface area contributed by atoms with Crippen LogP contribution in [0.25, 0.3) is 0 Å². The SMILES string of the molecule is [O]CCCCCCCCCc1ccccc1. The predicted octanol–water partition coefficient (Wildman–Crippen LogP) is 4.39. The summed E-state index contributed by atoms with van der Waals surface area (Å²) < 4.78 is 0. The van der Waals surface area contributed by atoms with Gasteiger partial charge < -0.3 is 0 Å². The molecule has 0 atom stereocenters. The molecule has 0 unspecified atom stereocenters. The molecule has 1 heteroatoms. The highest BCUT2D eigenvalue weighted by Gasteiger charge is 1.93. The van der Waals surface area contributed by atoms with Crippen LogP contribution < -0.4 is 0 Å². The first-order valence-corrected chi connectivity index (χ1v) is 6.55. The van der Waals surface area contributed by atoms with Crippen molar-refractivity contribution in [3.63, 3.8) is 0 Å². The van der Waals surface area contributed by atoms with Crippen molar-refractivity contribution in [3.05, 3.63) is 35.9 Å². The average Bonchev–Trinajstić information content (AvgIpc) is 2.34. The highest BCUT2D eigenvalue weighted by atomic mass is 16.2. The van der Waals surface area contributed by atoms with Gasteiger partial charge in [0, 0.05) is 0 Å². The minimum absolute atomic E-state index is 0.105. The number of hydrogen-bond donors (Lipinski definition) is 0. The predicted molar refractivity (Wildman–Crippen MR) is 68.0 cm³/mol. The fourth-order valence-corrected chi connectivity index (χ4v) is 1.96. The van der Waals surface area contributed by atoms with E-state index in [-0.39, 0.29) is 6.61 Å². The maximum absolute atomic E-state index is 10.2. The second kappa shape index (κ2) is 9.41. The first-order chi connectivity index (χ1) is 7.93. The van der Waals surface area contributed by atoms with Gasteiger partial charge in [0.15, 0.2) is 0 Å². The van der Waals surface area contributed by atoms with Gasteiger partial charge in [0.25, 0.3) is 0 Å². The fourth-order valence-electron chi connectivity index (χ4n) is 1.96. The summed E-state index contributed by atoms with van der Waals surface area (Å²) in [6.07, 6.45) is 9.69. The van der Waals surface area contributed by atoms with E-state index in [0.29, 0.717) is 0 Å². The van der Waals surface area contributed by atoms with Crippen LogP contribution in [0.1, 0.15) is 50.5 Å². The molecular formula is C15H23O. The van der Waals surface area contributed by atoms with Gasteiger partial charge in [0.1, 0.15) is 0 Å². The van der Waals surface area contributed by atoms with Crippen LogP contribution in [0.3, 0.4) is 0 Å². The van der Waals surface area contributed by atoms with E-state index in [0.717, 1.165) is 12.8 Å². The summed E-state index contributed by atoms with van der Waals surface area (Å²) in [4.78, 5) is 0. The first-order valence-electron chi connectivity index (χ1n) is 6.55. The zero-order chi connectivity index (χ0) is 11.5. The lowest BCUT2D eigenvalue weighted by molar-refractivity contribution is 0.186. The molecule has 0 fully saturated rings. The van der Waals surface area contributed by atoms with E-state index in [1.165, 1.54) is 44.1 Å². The Balaban J connectivity index is 1.89. The normalized spacial score (nSPS) is 10.6. The Hall–Kier alpha value is -0.820. The van der Waals surface area contributed by atoms with E-state index in [4.69, 9.17) is 0 Å². The lowest BCUT2D eigenvalue weighted by atomic mass is 10.0. The fraction of sp³-hybridized carbons (Fsp3) is 0.600. The Kier molecular flexibility index (Phi) is 7.79. The molecule has 1 nitrogen and oxygen atoms in total. The van der Waals surface area contributed by atoms with Gasteiger partial charge in [0.05, 0.1) is 6.61 Å². The Labute approximate surface area is 99.5 Å². The molecule has 0 aliphatic rings. The highest BCUT2D eigenvalue weighted by molar-refractivity contribution is 5.14. The number of aryl methyl sites for hydroxylation is 1. The largest absolute Gasteiger partial charge is 0.237 e. The number of benzene rings is 1. The zero-order valence-corrected chi connectivity index (χ0v) is 10.2. The van der Waals surface area contributed by atoms with Crippen molar-refractivity contribution in [1.29, 1.82) is 0 Å². The third-order valence-electron chi connectivity index (χ3n) is 2.95. The zero-order valence-electron chi connectivity index (χ0n) is 10.2. The highest BCUT2D eigenvalue weighted by Crippen LogP contribution is 2.10. The van der Waals surface area contributed by atoms with Crippen LogP contribution >= 0.6 is 0 Å². The lowest BCUT2D eigenvalue weighted by Crippen LogP contribution is -1.86. The molecule has 16 heavy (non-hydrogen) atoms. The average molecular weight is 219 g/mol. The standard InChI is InChI=1S/C15H23O/c16-14-10-5-3-1-2-4-7-11-15-12-8-6-9-13-15/h6,8-9,12-13H,1-5,7,10-11,14H2. The monoisotopic (exact) mass is 219 g/mol. The summed E-state index contributed by atoms with van der Waals surface area (Å²) in [5.41, 5.74) is 1.45. The van der Waals surface area contributed by atoms with Crippen LogP contribution in [0.2, 0.25) is 0 Å². The van der Waals surface area contributed by atoms with Crippen molar-refractivity contribution >= 4 is 0 Å². The van der Waals surface area contributed by atoms with Gasteiger partial charge in [-0.05, 0) is 24.8 Å². The Morgan fingerprint density at radius 3 is 1.88 bits per heavy atom. The van der Waals surface area contributed by atoms with E-state index in [9.17, 15) is 5.11 Å². The Bertz CT molecular complexity index is 243. The van der Waals surface area contributed by atoms with Crippen molar-refractivity contribution in [2.45, 2.75) is 51.4 Å². The molecule has 0 N–H and O–H groups in total. The third-order valence-corrected chi connectivity index (χ3v) is 2.95. The minimum atomic E-state index is 0.105. The molecule has 0 aromatic heterocycles. The molecule has 1 radical (unpaired) electrons. The quantitative estimate of drug-likeness (QED) is 0.549. The van der Waals surface area contributed by atoms with Gasteiger partial charge in [-0.3, -0.25) is 0 Å². The molecular weight excluding hydrogens is 196 g/mol. The van der Waals surface area contributed by atoms with Crippen LogP contribution in [0.4, 0.5) is 0 Å². The summed E-state index contributed by atoms with van der Waals surface area (Å²) in [5.74, 6) is 0. The molecule has 0 saturated carbocycles. The Morgan fingerprint density at radius 2 is 1.25 bits per heavy atom. The molecule has 1 aromatic rings. The van der Waals surface area contributed by atoms with Gasteiger partial charge in [0.2, 0.25) is 0 Å². The second-order valence-corrected chi connectivity index (χ2v) is 4.41. The number of rotatable bonds is 9. The molecule has 1 rings (SSSR count). The molecule has 0 bridgehead atoms. The van der Waals surface area contributed by atoms with Gasteiger partial charge in [-0.25, -0.2) is 5.11 Å². The molecule has 1 aromatic carbocycles. The van der Waals surface area contributed by atoms with Crippen molar-refractivity contribution in [1.82, 2.24) is 0 Å². The second-order valence-electron chi connectivity index (χ2n) is 4.41. The van der Waals surface area contributed by atoms with Crippen molar-refractivity contribution in [2.75, 3.05) is 6.61 Å². The molecule has 0 aliphatic heterocycles. The van der Waals surface area contributed by atoms with Crippen LogP contribution in [-0.4, -0.2) is 6.61 Å². The maximum atomic E-state index is 10.2. The summed E-state index contributed by atoms with van der Waals surface area (Å²) in [6, 6.07) is 10.7. The van der Waals surface area contributed by atoms with E-state index in [1.807, 2.05) is 0 Å². The van der Waals surface area contributed by atoms with E-state index in [2.05, 4.69) is 30.3 Å². The van der Waals surface area contributed by atoms with E-state index >= 15 is 0 Å². The van der Waals surface area contributed by atoms with Gasteiger partial charge in [-0.15, -0.1) is 0 Å². The molecule has 0 heterocycles. The van der Waals surface area contributed by atoms with Crippen LogP contribution in [0, 0.1) is 0 Å².